The Labute approximate surface area is 104 Å². The summed E-state index contributed by atoms with van der Waals surface area (Å²) in [5.41, 5.74) is 7.28. The fraction of sp³-hybridized carbons (Fsp3) is 0.250. The first-order chi connectivity index (χ1) is 8.59. The lowest BCUT2D eigenvalue weighted by Crippen LogP contribution is -2.27. The molecule has 0 heterocycles. The van der Waals surface area contributed by atoms with E-state index in [9.17, 15) is 14.4 Å². The predicted octanol–water partition coefficient (Wildman–Crippen LogP) is 0.530. The van der Waals surface area contributed by atoms with Crippen molar-refractivity contribution in [3.05, 3.63) is 35.9 Å². The first-order valence-corrected chi connectivity index (χ1v) is 5.43. The quantitative estimate of drug-likeness (QED) is 0.744. The first kappa shape index (κ1) is 13.7. The molecule has 0 bridgehead atoms. The molecule has 1 rings (SSSR count). The van der Waals surface area contributed by atoms with Gasteiger partial charge in [0.25, 0.3) is 5.91 Å². The van der Waals surface area contributed by atoms with E-state index < -0.39 is 17.8 Å². The van der Waals surface area contributed by atoms with E-state index in [1.54, 1.807) is 30.3 Å². The molecule has 1 aromatic rings. The minimum atomic E-state index is -0.640. The summed E-state index contributed by atoms with van der Waals surface area (Å²) in [6, 6.07) is 8.28. The maximum absolute atomic E-state index is 11.4. The number of rotatable bonds is 5. The topological polar surface area (TPSA) is 98.5 Å². The van der Waals surface area contributed by atoms with Crippen LogP contribution in [0.5, 0.6) is 0 Å². The summed E-state index contributed by atoms with van der Waals surface area (Å²) < 4.78 is 0. The summed E-state index contributed by atoms with van der Waals surface area (Å²) >= 11 is 0. The number of nitrogens with one attached hydrogen (secondary N) is 1. The molecule has 6 nitrogen and oxygen atoms in total. The minimum Gasteiger partial charge on any atom is -0.370 e. The zero-order valence-corrected chi connectivity index (χ0v) is 9.72. The van der Waals surface area contributed by atoms with Crippen LogP contribution in [0.3, 0.4) is 0 Å². The second kappa shape index (κ2) is 7.05. The highest BCUT2D eigenvalue weighted by atomic mass is 16.7. The van der Waals surface area contributed by atoms with Crippen LogP contribution in [-0.2, 0) is 14.4 Å². The van der Waals surface area contributed by atoms with Gasteiger partial charge in [-0.1, -0.05) is 18.2 Å². The Kier molecular flexibility index (Phi) is 5.37. The molecule has 1 aromatic carbocycles. The third-order valence-electron chi connectivity index (χ3n) is 2.09. The molecule has 0 spiro atoms. The summed E-state index contributed by atoms with van der Waals surface area (Å²) in [5, 5.41) is 0. The molecule has 2 amide bonds. The van der Waals surface area contributed by atoms with Gasteiger partial charge in [0.2, 0.25) is 5.91 Å². The van der Waals surface area contributed by atoms with Crippen molar-refractivity contribution in [1.82, 2.24) is 5.48 Å². The Morgan fingerprint density at radius 1 is 1.11 bits per heavy atom. The maximum atomic E-state index is 11.4. The molecule has 6 heteroatoms. The van der Waals surface area contributed by atoms with Gasteiger partial charge < -0.3 is 10.6 Å². The van der Waals surface area contributed by atoms with E-state index in [4.69, 9.17) is 5.73 Å². The molecule has 0 saturated heterocycles. The molecular weight excluding hydrogens is 236 g/mol. The van der Waals surface area contributed by atoms with Crippen molar-refractivity contribution >= 4 is 17.8 Å². The summed E-state index contributed by atoms with van der Waals surface area (Å²) in [6.07, 6.45) is 0.523. The molecule has 18 heavy (non-hydrogen) atoms. The number of nitrogens with two attached hydrogens (primary N) is 1. The standard InChI is InChI=1S/C12H14N2O4/c13-10(15)7-4-8-11(16)14-18-12(17)9-5-2-1-3-6-9/h1-3,5-6H,4,7-8H2,(H2,13,15)(H,14,16). The lowest BCUT2D eigenvalue weighted by Gasteiger charge is -2.05. The first-order valence-electron chi connectivity index (χ1n) is 5.43. The van der Waals surface area contributed by atoms with Crippen molar-refractivity contribution in [3.63, 3.8) is 0 Å². The zero-order valence-electron chi connectivity index (χ0n) is 9.72. The van der Waals surface area contributed by atoms with Gasteiger partial charge in [-0.15, -0.1) is 0 Å². The molecule has 0 saturated carbocycles. The van der Waals surface area contributed by atoms with Gasteiger partial charge in [0.05, 0.1) is 5.56 Å². The van der Waals surface area contributed by atoms with Gasteiger partial charge in [-0.05, 0) is 18.6 Å². The van der Waals surface area contributed by atoms with Crippen molar-refractivity contribution in [2.45, 2.75) is 19.3 Å². The number of amides is 2. The second-order valence-corrected chi connectivity index (χ2v) is 3.60. The number of carbonyl (C=O) groups is 3. The Morgan fingerprint density at radius 3 is 2.39 bits per heavy atom. The van der Waals surface area contributed by atoms with E-state index in [2.05, 4.69) is 4.84 Å². The Hall–Kier alpha value is -2.37. The normalized spacial score (nSPS) is 9.56. The number of primary amides is 1. The SMILES string of the molecule is NC(=O)CCCC(=O)NOC(=O)c1ccccc1. The van der Waals surface area contributed by atoms with E-state index in [-0.39, 0.29) is 12.8 Å². The molecule has 0 aliphatic carbocycles. The van der Waals surface area contributed by atoms with Gasteiger partial charge in [-0.3, -0.25) is 9.59 Å². The fourth-order valence-electron chi connectivity index (χ4n) is 1.21. The Bertz CT molecular complexity index is 431. The van der Waals surface area contributed by atoms with Crippen molar-refractivity contribution in [2.24, 2.45) is 5.73 Å². The number of hydrogen-bond donors (Lipinski definition) is 2. The van der Waals surface area contributed by atoms with Gasteiger partial charge in [0, 0.05) is 12.8 Å². The average Bonchev–Trinajstić information content (AvgIpc) is 2.36. The summed E-state index contributed by atoms with van der Waals surface area (Å²) in [6.45, 7) is 0. The van der Waals surface area contributed by atoms with Crippen LogP contribution in [0.15, 0.2) is 30.3 Å². The Balaban J connectivity index is 2.26. The Morgan fingerprint density at radius 2 is 1.78 bits per heavy atom. The van der Waals surface area contributed by atoms with Crippen LogP contribution in [0.4, 0.5) is 0 Å². The number of benzene rings is 1. The summed E-state index contributed by atoms with van der Waals surface area (Å²) in [7, 11) is 0. The van der Waals surface area contributed by atoms with Crippen LogP contribution in [0.25, 0.3) is 0 Å². The highest BCUT2D eigenvalue weighted by molar-refractivity contribution is 5.90. The highest BCUT2D eigenvalue weighted by Crippen LogP contribution is 2.00. The third-order valence-corrected chi connectivity index (χ3v) is 2.09. The van der Waals surface area contributed by atoms with Gasteiger partial charge in [-0.25, -0.2) is 4.79 Å². The molecule has 0 radical (unpaired) electrons. The lowest BCUT2D eigenvalue weighted by molar-refractivity contribution is -0.130. The van der Waals surface area contributed by atoms with Crippen LogP contribution >= 0.6 is 0 Å². The zero-order chi connectivity index (χ0) is 13.4. The van der Waals surface area contributed by atoms with Crippen molar-refractivity contribution in [1.29, 1.82) is 0 Å². The maximum Gasteiger partial charge on any atom is 0.362 e. The van der Waals surface area contributed by atoms with Crippen LogP contribution in [0.1, 0.15) is 29.6 Å². The number of hydrogen-bond acceptors (Lipinski definition) is 4. The van der Waals surface area contributed by atoms with E-state index in [0.717, 1.165) is 0 Å². The van der Waals surface area contributed by atoms with Crippen molar-refractivity contribution < 1.29 is 19.2 Å². The highest BCUT2D eigenvalue weighted by Gasteiger charge is 2.09. The van der Waals surface area contributed by atoms with Crippen LogP contribution in [0, 0.1) is 0 Å². The minimum absolute atomic E-state index is 0.0744. The largest absolute Gasteiger partial charge is 0.370 e. The van der Waals surface area contributed by atoms with E-state index in [1.165, 1.54) is 0 Å². The number of carbonyl (C=O) groups excluding carboxylic acids is 3. The van der Waals surface area contributed by atoms with Gasteiger partial charge in [0.1, 0.15) is 0 Å². The molecule has 0 aromatic heterocycles. The molecule has 3 N–H and O–H groups in total. The van der Waals surface area contributed by atoms with E-state index in [1.807, 2.05) is 5.48 Å². The fourth-order valence-corrected chi connectivity index (χ4v) is 1.21. The molecule has 0 aliphatic heterocycles. The van der Waals surface area contributed by atoms with Crippen LogP contribution < -0.4 is 11.2 Å². The molecule has 0 aliphatic rings. The van der Waals surface area contributed by atoms with Crippen LogP contribution in [-0.4, -0.2) is 17.8 Å². The van der Waals surface area contributed by atoms with Crippen LogP contribution in [0.2, 0.25) is 0 Å². The lowest BCUT2D eigenvalue weighted by atomic mass is 10.2. The van der Waals surface area contributed by atoms with Crippen molar-refractivity contribution in [3.8, 4) is 0 Å². The number of hydroxylamine groups is 1. The predicted molar refractivity (Wildman–Crippen MR) is 63.0 cm³/mol. The molecule has 96 valence electrons. The molecule has 0 fully saturated rings. The van der Waals surface area contributed by atoms with E-state index in [0.29, 0.717) is 12.0 Å². The monoisotopic (exact) mass is 250 g/mol. The molecular formula is C12H14N2O4. The average molecular weight is 250 g/mol. The van der Waals surface area contributed by atoms with Gasteiger partial charge >= 0.3 is 5.97 Å². The molecule has 0 atom stereocenters. The smallest absolute Gasteiger partial charge is 0.362 e. The summed E-state index contributed by atoms with van der Waals surface area (Å²) in [5.74, 6) is -1.58. The third kappa shape index (κ3) is 5.11. The van der Waals surface area contributed by atoms with E-state index >= 15 is 0 Å². The van der Waals surface area contributed by atoms with Gasteiger partial charge in [0.15, 0.2) is 0 Å². The van der Waals surface area contributed by atoms with Crippen molar-refractivity contribution in [2.75, 3.05) is 0 Å². The van der Waals surface area contributed by atoms with Gasteiger partial charge in [-0.2, -0.15) is 5.48 Å². The second-order valence-electron chi connectivity index (χ2n) is 3.60. The molecule has 0 unspecified atom stereocenters. The summed E-state index contributed by atoms with van der Waals surface area (Å²) in [4.78, 5) is 37.7.